The number of carbonyl (C=O) groups is 3. The number of esters is 2. The topological polar surface area (TPSA) is 380 Å². The van der Waals surface area contributed by atoms with Crippen LogP contribution in [-0.4, -0.2) is 154 Å². The summed E-state index contributed by atoms with van der Waals surface area (Å²) in [4.78, 5) is 50.4. The molecule has 2 aliphatic rings. The van der Waals surface area contributed by atoms with Crippen molar-refractivity contribution in [3.05, 3.63) is 70.4 Å². The van der Waals surface area contributed by atoms with Crippen molar-refractivity contribution in [2.45, 2.75) is 67.8 Å². The Labute approximate surface area is 346 Å². The highest BCUT2D eigenvalue weighted by Gasteiger charge is 2.53. The molecule has 4 aromatic rings. The first kappa shape index (κ1) is 44.8. The molecule has 62 heavy (non-hydrogen) atoms. The number of aliphatic hydroxyl groups excluding tert-OH is 5. The fourth-order valence-corrected chi connectivity index (χ4v) is 6.41. The van der Waals surface area contributed by atoms with Gasteiger partial charge in [0.1, 0.15) is 72.1 Å². The van der Waals surface area contributed by atoms with Crippen LogP contribution in [0.3, 0.4) is 0 Å². The van der Waals surface area contributed by atoms with E-state index in [1.165, 1.54) is 6.07 Å². The molecule has 10 atom stereocenters. The molecule has 0 spiro atoms. The van der Waals surface area contributed by atoms with Crippen molar-refractivity contribution >= 4 is 35.0 Å². The van der Waals surface area contributed by atoms with E-state index in [0.717, 1.165) is 54.6 Å². The van der Waals surface area contributed by atoms with E-state index < -0.39 is 161 Å². The zero-order chi connectivity index (χ0) is 45.2. The third-order valence-electron chi connectivity index (χ3n) is 9.52. The summed E-state index contributed by atoms with van der Waals surface area (Å²) in [5, 5.41) is 123. The van der Waals surface area contributed by atoms with E-state index >= 15 is 0 Å². The normalized spacial score (nSPS) is 26.3. The van der Waals surface area contributed by atoms with Crippen LogP contribution in [0.15, 0.2) is 63.8 Å². The lowest BCUT2D eigenvalue weighted by molar-refractivity contribution is -0.358. The maximum Gasteiger partial charge on any atom is 0.331 e. The molecular formula is C39H38O23. The van der Waals surface area contributed by atoms with Crippen LogP contribution >= 0.6 is 0 Å². The number of phenols is 6. The summed E-state index contributed by atoms with van der Waals surface area (Å²) < 4.78 is 39.4. The van der Waals surface area contributed by atoms with Gasteiger partial charge in [0.15, 0.2) is 47.3 Å². The van der Waals surface area contributed by atoms with Gasteiger partial charge in [0, 0.05) is 23.8 Å². The fourth-order valence-electron chi connectivity index (χ4n) is 6.41. The molecule has 2 saturated heterocycles. The third kappa shape index (κ3) is 9.59. The van der Waals surface area contributed by atoms with Crippen LogP contribution in [0.2, 0.25) is 0 Å². The van der Waals surface area contributed by atoms with Crippen LogP contribution in [0.4, 0.5) is 0 Å². The summed E-state index contributed by atoms with van der Waals surface area (Å²) in [6.45, 7) is -1.93. The Kier molecular flexibility index (Phi) is 13.4. The van der Waals surface area contributed by atoms with E-state index in [1.807, 2.05) is 0 Å². The summed E-state index contributed by atoms with van der Waals surface area (Å²) in [6, 6.07) is 8.30. The Bertz CT molecular complexity index is 2410. The van der Waals surface area contributed by atoms with Crippen molar-refractivity contribution in [2.24, 2.45) is 0 Å². The highest BCUT2D eigenvalue weighted by atomic mass is 16.8. The number of carboxylic acid groups (broad SMARTS) is 1. The second-order valence-electron chi connectivity index (χ2n) is 13.8. The molecule has 12 N–H and O–H groups in total. The molecule has 0 unspecified atom stereocenters. The molecule has 23 heteroatoms. The quantitative estimate of drug-likeness (QED) is 0.0331. The number of hydrogen-bond acceptors (Lipinski definition) is 22. The summed E-state index contributed by atoms with van der Waals surface area (Å²) in [6.07, 6.45) is -19.6. The molecule has 23 nitrogen and oxygen atoms in total. The molecule has 0 amide bonds. The smallest absolute Gasteiger partial charge is 0.331 e. The Balaban J connectivity index is 1.41. The largest absolute Gasteiger partial charge is 0.508 e. The van der Waals surface area contributed by atoms with E-state index in [9.17, 15) is 75.3 Å². The molecule has 1 aromatic heterocycles. The summed E-state index contributed by atoms with van der Waals surface area (Å²) >= 11 is 0. The van der Waals surface area contributed by atoms with Gasteiger partial charge < -0.3 is 94.1 Å². The number of fused-ring (bicyclic) bond motifs is 1. The minimum atomic E-state index is -2.26. The lowest BCUT2D eigenvalue weighted by Crippen LogP contribution is -2.65. The Morgan fingerprint density at radius 2 is 1.37 bits per heavy atom. The minimum absolute atomic E-state index is 0.189. The van der Waals surface area contributed by atoms with Gasteiger partial charge in [0.2, 0.25) is 17.5 Å². The molecule has 3 heterocycles. The zero-order valence-electron chi connectivity index (χ0n) is 31.5. The average Bonchev–Trinajstić information content (AvgIpc) is 3.21. The van der Waals surface area contributed by atoms with Gasteiger partial charge in [-0.1, -0.05) is 6.07 Å². The highest BCUT2D eigenvalue weighted by Crippen LogP contribution is 2.40. The Hall–Kier alpha value is -6.70. The van der Waals surface area contributed by atoms with Gasteiger partial charge in [-0.25, -0.2) is 4.79 Å². The maximum atomic E-state index is 14.2. The number of carbonyl (C=O) groups excluding carboxylic acids is 2. The van der Waals surface area contributed by atoms with Crippen molar-refractivity contribution < 1.29 is 109 Å². The number of ether oxygens (including phenoxy) is 6. The van der Waals surface area contributed by atoms with E-state index in [0.29, 0.717) is 0 Å². The SMILES string of the molecule is O=C(O)CC(=O)OC[C@@H]1O[C@@H](Oc2c(-c3ccc(O)c(O)c3)oc3cc(O)cc(O)c3c2=O)[C@H](O[C@@H]2O[C@H](CO)[C@@H](O)[C@H](O)[C@@H]2OC(=O)/C=C/c2ccc(O)c(O)c2)[C@@H](O)[C@@H]1O. The number of aliphatic hydroxyl groups is 5. The van der Waals surface area contributed by atoms with Crippen molar-refractivity contribution in [1.82, 2.24) is 0 Å². The van der Waals surface area contributed by atoms with Gasteiger partial charge in [0.05, 0.1) is 6.61 Å². The Morgan fingerprint density at radius 1 is 0.726 bits per heavy atom. The van der Waals surface area contributed by atoms with Crippen LogP contribution in [0.25, 0.3) is 28.4 Å². The van der Waals surface area contributed by atoms with Crippen molar-refractivity contribution in [3.8, 4) is 51.6 Å². The van der Waals surface area contributed by atoms with Crippen LogP contribution in [-0.2, 0) is 38.1 Å². The minimum Gasteiger partial charge on any atom is -0.508 e. The molecule has 0 aliphatic carbocycles. The lowest BCUT2D eigenvalue weighted by Gasteiger charge is -2.46. The molecule has 3 aromatic carbocycles. The second-order valence-corrected chi connectivity index (χ2v) is 13.8. The summed E-state index contributed by atoms with van der Waals surface area (Å²) in [5.41, 5.74) is -1.63. The molecule has 2 aliphatic heterocycles. The van der Waals surface area contributed by atoms with Crippen LogP contribution in [0.1, 0.15) is 12.0 Å². The molecule has 332 valence electrons. The summed E-state index contributed by atoms with van der Waals surface area (Å²) in [7, 11) is 0. The molecule has 0 bridgehead atoms. The first-order valence-corrected chi connectivity index (χ1v) is 18.2. The van der Waals surface area contributed by atoms with Gasteiger partial charge in [-0.05, 0) is 42.0 Å². The first-order valence-electron chi connectivity index (χ1n) is 18.2. The van der Waals surface area contributed by atoms with Crippen LogP contribution < -0.4 is 10.2 Å². The first-order chi connectivity index (χ1) is 29.4. The van der Waals surface area contributed by atoms with Crippen molar-refractivity contribution in [3.63, 3.8) is 0 Å². The third-order valence-corrected chi connectivity index (χ3v) is 9.52. The number of aromatic hydroxyl groups is 6. The molecule has 0 radical (unpaired) electrons. The number of phenolic OH excluding ortho intramolecular Hbond substituents is 6. The van der Waals surface area contributed by atoms with Crippen LogP contribution in [0, 0.1) is 0 Å². The maximum absolute atomic E-state index is 14.2. The van der Waals surface area contributed by atoms with Gasteiger partial charge in [-0.2, -0.15) is 0 Å². The lowest BCUT2D eigenvalue weighted by atomic mass is 9.97. The van der Waals surface area contributed by atoms with E-state index in [4.69, 9.17) is 37.9 Å². The molecular weight excluding hydrogens is 836 g/mol. The number of hydrogen-bond donors (Lipinski definition) is 12. The van der Waals surface area contributed by atoms with Crippen molar-refractivity contribution in [2.75, 3.05) is 13.2 Å². The zero-order valence-corrected chi connectivity index (χ0v) is 31.5. The van der Waals surface area contributed by atoms with Gasteiger partial charge in [-0.15, -0.1) is 0 Å². The number of rotatable bonds is 13. The van der Waals surface area contributed by atoms with E-state index in [-0.39, 0.29) is 11.1 Å². The fraction of sp³-hybridized carbons (Fsp3) is 0.333. The number of benzene rings is 3. The van der Waals surface area contributed by atoms with Gasteiger partial charge in [-0.3, -0.25) is 14.4 Å². The van der Waals surface area contributed by atoms with Crippen LogP contribution in [0.5, 0.6) is 40.2 Å². The monoisotopic (exact) mass is 874 g/mol. The predicted molar refractivity (Wildman–Crippen MR) is 200 cm³/mol. The highest BCUT2D eigenvalue weighted by molar-refractivity contribution is 5.90. The second kappa shape index (κ2) is 18.5. The molecule has 0 saturated carbocycles. The van der Waals surface area contributed by atoms with Gasteiger partial charge >= 0.3 is 17.9 Å². The predicted octanol–water partition coefficient (Wildman–Crippen LogP) is -1.01. The molecule has 6 rings (SSSR count). The Morgan fingerprint density at radius 3 is 2.03 bits per heavy atom. The molecule has 2 fully saturated rings. The average molecular weight is 875 g/mol. The van der Waals surface area contributed by atoms with E-state index in [1.54, 1.807) is 0 Å². The van der Waals surface area contributed by atoms with E-state index in [2.05, 4.69) is 0 Å². The van der Waals surface area contributed by atoms with Gasteiger partial charge in [0.25, 0.3) is 0 Å². The number of carboxylic acids is 1. The standard InChI is InChI=1S/C39H38O23/c40-12-23-29(51)32(54)36(60-26(49)6-2-14-1-4-17(42)19(44)7-14)38(58-23)62-37-33(55)30(52)24(13-56-27(50)11-25(47)48)59-39(37)61-35-31(53)28-21(46)9-16(41)10-22(28)57-34(35)15-3-5-18(43)20(45)8-15/h1-10,23-24,29-30,32-33,36-46,51-52,54-55H,11-13H2,(H,47,48)/b6-2+/t23-,24+,29-,30-,32+,33+,36+,37-,38+,39+/m1/s1. The summed E-state index contributed by atoms with van der Waals surface area (Å²) in [5.74, 6) is -9.28. The number of aliphatic carboxylic acids is 1. The van der Waals surface area contributed by atoms with Crippen molar-refractivity contribution in [1.29, 1.82) is 0 Å².